The molecule has 0 radical (unpaired) electrons. The van der Waals surface area contributed by atoms with E-state index in [1.165, 1.54) is 24.1 Å². The van der Waals surface area contributed by atoms with Crippen LogP contribution in [0.2, 0.25) is 0 Å². The lowest BCUT2D eigenvalue weighted by molar-refractivity contribution is 0.164. The summed E-state index contributed by atoms with van der Waals surface area (Å²) in [5.41, 5.74) is 3.62. The number of aryl methyl sites for hydroxylation is 2. The highest BCUT2D eigenvalue weighted by Gasteiger charge is 2.26. The highest BCUT2D eigenvalue weighted by Crippen LogP contribution is 2.29. The number of hydrogen-bond donors (Lipinski definition) is 0. The molecule has 24 heavy (non-hydrogen) atoms. The molecule has 2 aromatic rings. The molecule has 3 heterocycles. The van der Waals surface area contributed by atoms with Crippen LogP contribution in [0.15, 0.2) is 18.7 Å². The van der Waals surface area contributed by atoms with E-state index in [2.05, 4.69) is 24.8 Å². The van der Waals surface area contributed by atoms with Crippen molar-refractivity contribution in [1.29, 1.82) is 0 Å². The maximum atomic E-state index is 6.00. The monoisotopic (exact) mass is 325 g/mol. The predicted octanol–water partition coefficient (Wildman–Crippen LogP) is 2.50. The van der Waals surface area contributed by atoms with Gasteiger partial charge in [-0.05, 0) is 51.0 Å². The molecule has 1 unspecified atom stereocenters. The highest BCUT2D eigenvalue weighted by atomic mass is 16.5. The number of anilines is 1. The van der Waals surface area contributed by atoms with E-state index in [9.17, 15) is 0 Å². The number of rotatable bonds is 3. The predicted molar refractivity (Wildman–Crippen MR) is 91.3 cm³/mol. The first-order valence-corrected chi connectivity index (χ1v) is 8.82. The minimum absolute atomic E-state index is 0.107. The van der Waals surface area contributed by atoms with Crippen molar-refractivity contribution in [2.45, 2.75) is 51.6 Å². The molecular weight excluding hydrogens is 302 g/mol. The molecule has 2 aliphatic rings. The van der Waals surface area contributed by atoms with E-state index in [0.29, 0.717) is 6.01 Å². The van der Waals surface area contributed by atoms with Crippen LogP contribution in [0.5, 0.6) is 6.01 Å². The van der Waals surface area contributed by atoms with Crippen LogP contribution >= 0.6 is 0 Å². The number of hydrogen-bond acceptors (Lipinski definition) is 6. The van der Waals surface area contributed by atoms with Crippen molar-refractivity contribution in [3.63, 3.8) is 0 Å². The van der Waals surface area contributed by atoms with Gasteiger partial charge in [0.2, 0.25) is 0 Å². The summed E-state index contributed by atoms with van der Waals surface area (Å²) in [7, 11) is 0. The fourth-order valence-electron chi connectivity index (χ4n) is 3.59. The lowest BCUT2D eigenvalue weighted by Gasteiger charge is -2.35. The molecule has 1 saturated heterocycles. The average molecular weight is 325 g/mol. The van der Waals surface area contributed by atoms with Gasteiger partial charge in [-0.25, -0.2) is 19.9 Å². The number of piperidine rings is 1. The zero-order valence-electron chi connectivity index (χ0n) is 14.1. The Labute approximate surface area is 142 Å². The van der Waals surface area contributed by atoms with Crippen LogP contribution in [0, 0.1) is 6.92 Å². The molecule has 0 saturated carbocycles. The van der Waals surface area contributed by atoms with Crippen LogP contribution < -0.4 is 9.64 Å². The first kappa shape index (κ1) is 15.3. The largest absolute Gasteiger partial charge is 0.458 e. The van der Waals surface area contributed by atoms with Crippen LogP contribution in [0.4, 0.5) is 5.82 Å². The van der Waals surface area contributed by atoms with E-state index in [0.717, 1.165) is 50.2 Å². The second kappa shape index (κ2) is 6.71. The summed E-state index contributed by atoms with van der Waals surface area (Å²) in [4.78, 5) is 20.0. The number of nitrogens with zero attached hydrogens (tertiary/aromatic N) is 5. The van der Waals surface area contributed by atoms with Gasteiger partial charge < -0.3 is 9.64 Å². The van der Waals surface area contributed by atoms with Crippen LogP contribution in [0.3, 0.4) is 0 Å². The molecule has 0 amide bonds. The lowest BCUT2D eigenvalue weighted by Crippen LogP contribution is -2.42. The molecule has 0 spiro atoms. The van der Waals surface area contributed by atoms with Gasteiger partial charge in [-0.3, -0.25) is 0 Å². The number of aromatic nitrogens is 4. The summed E-state index contributed by atoms with van der Waals surface area (Å²) in [5, 5.41) is 0. The molecule has 0 bridgehead atoms. The fourth-order valence-corrected chi connectivity index (χ4v) is 3.59. The highest BCUT2D eigenvalue weighted by molar-refractivity contribution is 5.50. The molecule has 126 valence electrons. The Morgan fingerprint density at radius 3 is 2.75 bits per heavy atom. The molecule has 1 fully saturated rings. The third-order valence-electron chi connectivity index (χ3n) is 4.81. The van der Waals surface area contributed by atoms with Crippen LogP contribution in [0.1, 0.15) is 42.5 Å². The second-order valence-electron chi connectivity index (χ2n) is 6.70. The van der Waals surface area contributed by atoms with Crippen molar-refractivity contribution in [3.05, 3.63) is 35.5 Å². The summed E-state index contributed by atoms with van der Waals surface area (Å²) in [5.74, 6) is 1.11. The fraction of sp³-hybridized carbons (Fsp3) is 0.556. The lowest BCUT2D eigenvalue weighted by atomic mass is 9.95. The Morgan fingerprint density at radius 1 is 1.04 bits per heavy atom. The summed E-state index contributed by atoms with van der Waals surface area (Å²) in [6, 6.07) is 0.470. The summed E-state index contributed by atoms with van der Waals surface area (Å²) in [6.07, 6.45) is 12.2. The van der Waals surface area contributed by atoms with Gasteiger partial charge in [0.25, 0.3) is 0 Å². The molecular formula is C18H23N5O. The van der Waals surface area contributed by atoms with Crippen molar-refractivity contribution in [2.75, 3.05) is 18.0 Å². The van der Waals surface area contributed by atoms with E-state index >= 15 is 0 Å². The third kappa shape index (κ3) is 3.18. The number of fused-ring (bicyclic) bond motifs is 1. The van der Waals surface area contributed by atoms with E-state index in [1.807, 2.05) is 6.92 Å². The molecule has 6 nitrogen and oxygen atoms in total. The van der Waals surface area contributed by atoms with Crippen molar-refractivity contribution in [2.24, 2.45) is 0 Å². The maximum Gasteiger partial charge on any atom is 0.316 e. The summed E-state index contributed by atoms with van der Waals surface area (Å²) in [6.45, 7) is 3.84. The maximum absolute atomic E-state index is 6.00. The van der Waals surface area contributed by atoms with Crippen molar-refractivity contribution >= 4 is 5.82 Å². The van der Waals surface area contributed by atoms with Crippen molar-refractivity contribution < 1.29 is 4.74 Å². The Hall–Kier alpha value is -2.24. The van der Waals surface area contributed by atoms with Crippen LogP contribution in [0.25, 0.3) is 0 Å². The molecule has 1 aliphatic heterocycles. The molecule has 6 heteroatoms. The molecule has 0 aromatic carbocycles. The topological polar surface area (TPSA) is 64.0 Å². The standard InChI is InChI=1S/C18H23N5O/c1-13-9-19-18(20-10-13)24-14-5-4-8-23(11-14)17-15-6-2-3-7-16(15)21-12-22-17/h9-10,12,14H,2-8,11H2,1H3. The first-order valence-electron chi connectivity index (χ1n) is 8.82. The van der Waals surface area contributed by atoms with Crippen molar-refractivity contribution in [3.8, 4) is 6.01 Å². The normalized spacial score (nSPS) is 20.5. The van der Waals surface area contributed by atoms with E-state index < -0.39 is 0 Å². The van der Waals surface area contributed by atoms with E-state index in [4.69, 9.17) is 4.74 Å². The molecule has 4 rings (SSSR count). The first-order chi connectivity index (χ1) is 11.8. The third-order valence-corrected chi connectivity index (χ3v) is 4.81. The van der Waals surface area contributed by atoms with Crippen molar-refractivity contribution in [1.82, 2.24) is 19.9 Å². The second-order valence-corrected chi connectivity index (χ2v) is 6.70. The van der Waals surface area contributed by atoms with Gasteiger partial charge in [0.15, 0.2) is 0 Å². The van der Waals surface area contributed by atoms with Gasteiger partial charge in [0.05, 0.1) is 6.54 Å². The molecule has 2 aromatic heterocycles. The van der Waals surface area contributed by atoms with Crippen LogP contribution in [-0.2, 0) is 12.8 Å². The quantitative estimate of drug-likeness (QED) is 0.864. The van der Waals surface area contributed by atoms with Gasteiger partial charge in [-0.1, -0.05) is 0 Å². The van der Waals surface area contributed by atoms with Gasteiger partial charge in [0.1, 0.15) is 18.2 Å². The minimum Gasteiger partial charge on any atom is -0.458 e. The molecule has 1 atom stereocenters. The number of ether oxygens (including phenoxy) is 1. The summed E-state index contributed by atoms with van der Waals surface area (Å²) < 4.78 is 6.00. The Balaban J connectivity index is 1.50. The molecule has 0 N–H and O–H groups in total. The zero-order chi connectivity index (χ0) is 16.4. The van der Waals surface area contributed by atoms with Gasteiger partial charge in [-0.2, -0.15) is 0 Å². The SMILES string of the molecule is Cc1cnc(OC2CCCN(c3ncnc4c3CCCC4)C2)nc1. The van der Waals surface area contributed by atoms with Gasteiger partial charge in [0, 0.05) is 30.2 Å². The van der Waals surface area contributed by atoms with Gasteiger partial charge in [-0.15, -0.1) is 0 Å². The minimum atomic E-state index is 0.107. The van der Waals surface area contributed by atoms with Gasteiger partial charge >= 0.3 is 6.01 Å². The van der Waals surface area contributed by atoms with E-state index in [-0.39, 0.29) is 6.10 Å². The van der Waals surface area contributed by atoms with E-state index in [1.54, 1.807) is 18.7 Å². The average Bonchev–Trinajstić information content (AvgIpc) is 2.63. The van der Waals surface area contributed by atoms with Crippen LogP contribution in [-0.4, -0.2) is 39.1 Å². The Bertz CT molecular complexity index is 703. The zero-order valence-corrected chi connectivity index (χ0v) is 14.1. The Morgan fingerprint density at radius 2 is 1.88 bits per heavy atom. The smallest absolute Gasteiger partial charge is 0.316 e. The summed E-state index contributed by atoms with van der Waals surface area (Å²) >= 11 is 0. The Kier molecular flexibility index (Phi) is 4.28. The molecule has 1 aliphatic carbocycles.